The highest BCUT2D eigenvalue weighted by Gasteiger charge is 2.18. The Bertz CT molecular complexity index is 866. The van der Waals surface area contributed by atoms with Crippen molar-refractivity contribution < 1.29 is 4.42 Å². The summed E-state index contributed by atoms with van der Waals surface area (Å²) in [7, 11) is 0. The Kier molecular flexibility index (Phi) is 5.23. The molecular formula is C16H15N5OS2. The zero-order valence-corrected chi connectivity index (χ0v) is 14.9. The van der Waals surface area contributed by atoms with Gasteiger partial charge in [0.05, 0.1) is 28.4 Å². The van der Waals surface area contributed by atoms with Crippen LogP contribution in [0.2, 0.25) is 0 Å². The van der Waals surface area contributed by atoms with Gasteiger partial charge in [0.1, 0.15) is 6.07 Å². The van der Waals surface area contributed by atoms with E-state index in [2.05, 4.69) is 21.4 Å². The van der Waals surface area contributed by atoms with Crippen LogP contribution in [0.25, 0.3) is 5.69 Å². The summed E-state index contributed by atoms with van der Waals surface area (Å²) in [6.07, 6.45) is 1.98. The minimum Gasteiger partial charge on any atom is -0.415 e. The van der Waals surface area contributed by atoms with E-state index in [1.807, 2.05) is 43.5 Å². The molecule has 2 heterocycles. The number of nitrogens with zero attached hydrogens (tertiary/aromatic N) is 5. The maximum atomic E-state index is 9.46. The molecule has 0 unspecified atom stereocenters. The standard InChI is InChI=1S/C16H15N5OS2/c1-11-13(8-17)14(21(20-11)12-6-4-3-5-7-12)9-24-16-19-18-15(22-16)10-23-2/h3-7H,9-10H2,1-2H3. The van der Waals surface area contributed by atoms with Crippen molar-refractivity contribution in [3.63, 3.8) is 0 Å². The second-order valence-corrected chi connectivity index (χ2v) is 6.74. The third-order valence-corrected chi connectivity index (χ3v) is 4.68. The van der Waals surface area contributed by atoms with Gasteiger partial charge >= 0.3 is 0 Å². The summed E-state index contributed by atoms with van der Waals surface area (Å²) < 4.78 is 7.38. The molecule has 0 aliphatic carbocycles. The molecule has 24 heavy (non-hydrogen) atoms. The van der Waals surface area contributed by atoms with Crippen LogP contribution < -0.4 is 0 Å². The summed E-state index contributed by atoms with van der Waals surface area (Å²) in [6, 6.07) is 12.0. The first kappa shape index (κ1) is 16.6. The van der Waals surface area contributed by atoms with Crippen LogP contribution in [-0.4, -0.2) is 26.2 Å². The summed E-state index contributed by atoms with van der Waals surface area (Å²) >= 11 is 3.04. The van der Waals surface area contributed by atoms with Crippen molar-refractivity contribution in [2.45, 2.75) is 23.7 Å². The highest BCUT2D eigenvalue weighted by molar-refractivity contribution is 7.98. The van der Waals surface area contributed by atoms with Crippen molar-refractivity contribution in [1.82, 2.24) is 20.0 Å². The third kappa shape index (κ3) is 3.47. The Hall–Kier alpha value is -2.24. The molecule has 0 amide bonds. The Morgan fingerprint density at radius 1 is 1.21 bits per heavy atom. The fraction of sp³-hybridized carbons (Fsp3) is 0.250. The lowest BCUT2D eigenvalue weighted by Gasteiger charge is -2.06. The normalized spacial score (nSPS) is 10.7. The van der Waals surface area contributed by atoms with Gasteiger partial charge in [0.2, 0.25) is 5.89 Å². The molecule has 1 aromatic carbocycles. The van der Waals surface area contributed by atoms with Gasteiger partial charge in [0.15, 0.2) is 0 Å². The number of para-hydroxylation sites is 1. The zero-order valence-electron chi connectivity index (χ0n) is 13.3. The van der Waals surface area contributed by atoms with Gasteiger partial charge in [-0.05, 0) is 25.3 Å². The first-order chi connectivity index (χ1) is 11.7. The quantitative estimate of drug-likeness (QED) is 0.624. The highest BCUT2D eigenvalue weighted by Crippen LogP contribution is 2.27. The molecule has 0 fully saturated rings. The van der Waals surface area contributed by atoms with E-state index in [9.17, 15) is 5.26 Å². The van der Waals surface area contributed by atoms with Gasteiger partial charge in [-0.3, -0.25) is 0 Å². The molecule has 0 aliphatic rings. The van der Waals surface area contributed by atoms with Crippen molar-refractivity contribution in [1.29, 1.82) is 5.26 Å². The maximum Gasteiger partial charge on any atom is 0.276 e. The number of hydrogen-bond donors (Lipinski definition) is 0. The Morgan fingerprint density at radius 3 is 2.71 bits per heavy atom. The number of aromatic nitrogens is 4. The first-order valence-corrected chi connectivity index (χ1v) is 9.59. The lowest BCUT2D eigenvalue weighted by molar-refractivity contribution is 0.426. The Morgan fingerprint density at radius 2 is 2.00 bits per heavy atom. The van der Waals surface area contributed by atoms with E-state index in [4.69, 9.17) is 4.42 Å². The lowest BCUT2D eigenvalue weighted by atomic mass is 10.2. The average Bonchev–Trinajstić information content (AvgIpc) is 3.18. The first-order valence-electron chi connectivity index (χ1n) is 7.21. The molecule has 6 nitrogen and oxygen atoms in total. The Balaban J connectivity index is 1.87. The van der Waals surface area contributed by atoms with Crippen LogP contribution >= 0.6 is 23.5 Å². The van der Waals surface area contributed by atoms with Crippen molar-refractivity contribution in [3.8, 4) is 11.8 Å². The minimum atomic E-state index is 0.501. The molecule has 0 spiro atoms. The summed E-state index contributed by atoms with van der Waals surface area (Å²) in [6.45, 7) is 1.84. The van der Waals surface area contributed by atoms with E-state index in [0.717, 1.165) is 11.4 Å². The molecule has 0 aliphatic heterocycles. The van der Waals surface area contributed by atoms with Crippen LogP contribution in [0.5, 0.6) is 0 Å². The van der Waals surface area contributed by atoms with E-state index in [1.54, 1.807) is 16.4 Å². The van der Waals surface area contributed by atoms with Gasteiger partial charge in [-0.1, -0.05) is 30.0 Å². The summed E-state index contributed by atoms with van der Waals surface area (Å²) in [5.41, 5.74) is 3.06. The van der Waals surface area contributed by atoms with Crippen LogP contribution in [-0.2, 0) is 11.5 Å². The fourth-order valence-corrected chi connectivity index (χ4v) is 3.39. The van der Waals surface area contributed by atoms with E-state index in [0.29, 0.717) is 33.9 Å². The van der Waals surface area contributed by atoms with Gasteiger partial charge in [-0.2, -0.15) is 22.1 Å². The highest BCUT2D eigenvalue weighted by atomic mass is 32.2. The number of hydrogen-bond acceptors (Lipinski definition) is 7. The van der Waals surface area contributed by atoms with Crippen LogP contribution in [0, 0.1) is 18.3 Å². The molecule has 2 aromatic heterocycles. The molecule has 122 valence electrons. The van der Waals surface area contributed by atoms with Crippen LogP contribution in [0.3, 0.4) is 0 Å². The zero-order chi connectivity index (χ0) is 16.9. The number of nitriles is 1. The van der Waals surface area contributed by atoms with Crippen LogP contribution in [0.4, 0.5) is 0 Å². The maximum absolute atomic E-state index is 9.46. The van der Waals surface area contributed by atoms with Gasteiger partial charge < -0.3 is 4.42 Å². The molecule has 0 radical (unpaired) electrons. The van der Waals surface area contributed by atoms with Crippen LogP contribution in [0.15, 0.2) is 40.0 Å². The number of rotatable bonds is 6. The van der Waals surface area contributed by atoms with Crippen LogP contribution in [0.1, 0.15) is 22.8 Å². The Labute approximate surface area is 148 Å². The van der Waals surface area contributed by atoms with Gasteiger partial charge in [-0.25, -0.2) is 4.68 Å². The van der Waals surface area contributed by atoms with E-state index in [-0.39, 0.29) is 0 Å². The summed E-state index contributed by atoms with van der Waals surface area (Å²) in [5, 5.41) is 22.5. The monoisotopic (exact) mass is 357 g/mol. The molecule has 0 atom stereocenters. The van der Waals surface area contributed by atoms with Crippen molar-refractivity contribution in [3.05, 3.63) is 53.2 Å². The second kappa shape index (κ2) is 7.55. The molecule has 0 saturated heterocycles. The van der Waals surface area contributed by atoms with Gasteiger partial charge in [-0.15, -0.1) is 10.2 Å². The molecule has 8 heteroatoms. The van der Waals surface area contributed by atoms with E-state index < -0.39 is 0 Å². The van der Waals surface area contributed by atoms with Crippen molar-refractivity contribution in [2.24, 2.45) is 0 Å². The van der Waals surface area contributed by atoms with Crippen molar-refractivity contribution >= 4 is 23.5 Å². The molecule has 3 aromatic rings. The minimum absolute atomic E-state index is 0.501. The van der Waals surface area contributed by atoms with Gasteiger partial charge in [0.25, 0.3) is 5.22 Å². The molecule has 0 bridgehead atoms. The largest absolute Gasteiger partial charge is 0.415 e. The smallest absolute Gasteiger partial charge is 0.276 e. The van der Waals surface area contributed by atoms with Gasteiger partial charge in [0, 0.05) is 5.75 Å². The molecular weight excluding hydrogens is 342 g/mol. The van der Waals surface area contributed by atoms with E-state index in [1.165, 1.54) is 11.8 Å². The summed E-state index contributed by atoms with van der Waals surface area (Å²) in [5.74, 6) is 1.83. The number of benzene rings is 1. The van der Waals surface area contributed by atoms with Crippen molar-refractivity contribution in [2.75, 3.05) is 6.26 Å². The molecule has 0 N–H and O–H groups in total. The number of thioether (sulfide) groups is 2. The summed E-state index contributed by atoms with van der Waals surface area (Å²) in [4.78, 5) is 0. The second-order valence-electron chi connectivity index (χ2n) is 4.95. The lowest BCUT2D eigenvalue weighted by Crippen LogP contribution is -2.02. The molecule has 3 rings (SSSR count). The SMILES string of the molecule is CSCc1nnc(SCc2c(C#N)c(C)nn2-c2ccccc2)o1. The third-order valence-electron chi connectivity index (χ3n) is 3.32. The number of aryl methyl sites for hydroxylation is 1. The fourth-order valence-electron chi connectivity index (χ4n) is 2.25. The molecule has 0 saturated carbocycles. The predicted molar refractivity (Wildman–Crippen MR) is 94.1 cm³/mol. The predicted octanol–water partition coefficient (Wildman–Crippen LogP) is 3.59. The average molecular weight is 357 g/mol. The van der Waals surface area contributed by atoms with E-state index >= 15 is 0 Å². The topological polar surface area (TPSA) is 80.5 Å².